The second-order valence-electron chi connectivity index (χ2n) is 5.22. The van der Waals surface area contributed by atoms with E-state index in [1.54, 1.807) is 0 Å². The lowest BCUT2D eigenvalue weighted by Crippen LogP contribution is -2.11. The Morgan fingerprint density at radius 3 is 2.47 bits per heavy atom. The Morgan fingerprint density at radius 2 is 1.89 bits per heavy atom. The number of ether oxygens (including phenoxy) is 1. The van der Waals surface area contributed by atoms with Crippen molar-refractivity contribution in [2.75, 3.05) is 0 Å². The molecule has 0 aliphatic heterocycles. The first kappa shape index (κ1) is 13.3. The van der Waals surface area contributed by atoms with Crippen molar-refractivity contribution in [1.29, 1.82) is 0 Å². The molecule has 5 heteroatoms. The van der Waals surface area contributed by atoms with Gasteiger partial charge in [-0.1, -0.05) is 51.1 Å². The number of rotatable bonds is 3. The van der Waals surface area contributed by atoms with Crippen molar-refractivity contribution in [2.45, 2.75) is 32.8 Å². The molecule has 2 rings (SSSR count). The molecule has 0 fully saturated rings. The van der Waals surface area contributed by atoms with Gasteiger partial charge in [0.1, 0.15) is 6.61 Å². The highest BCUT2D eigenvalue weighted by molar-refractivity contribution is 5.83. The number of carbonyl (C=O) groups excluding carboxylic acids is 1. The van der Waals surface area contributed by atoms with E-state index in [-0.39, 0.29) is 17.9 Å². The predicted molar refractivity (Wildman–Crippen MR) is 68.6 cm³/mol. The summed E-state index contributed by atoms with van der Waals surface area (Å²) in [6.07, 6.45) is 0. The lowest BCUT2D eigenvalue weighted by Gasteiger charge is -2.10. The van der Waals surface area contributed by atoms with E-state index in [4.69, 9.17) is 9.15 Å². The maximum absolute atomic E-state index is 11.7. The van der Waals surface area contributed by atoms with Crippen molar-refractivity contribution < 1.29 is 13.9 Å². The van der Waals surface area contributed by atoms with Gasteiger partial charge >= 0.3 is 11.9 Å². The summed E-state index contributed by atoms with van der Waals surface area (Å²) in [4.78, 5) is 11.7. The van der Waals surface area contributed by atoms with Gasteiger partial charge in [0.15, 0.2) is 0 Å². The molecule has 0 amide bonds. The van der Waals surface area contributed by atoms with Crippen LogP contribution >= 0.6 is 0 Å². The average Bonchev–Trinajstić information content (AvgIpc) is 2.87. The summed E-state index contributed by atoms with van der Waals surface area (Å²) in [5.41, 5.74) is 0.622. The van der Waals surface area contributed by atoms with E-state index in [0.29, 0.717) is 5.89 Å². The Bertz CT molecular complexity index is 556. The number of aromatic nitrogens is 2. The molecule has 0 radical (unpaired) electrons. The van der Waals surface area contributed by atoms with Gasteiger partial charge in [-0.3, -0.25) is 0 Å². The summed E-state index contributed by atoms with van der Waals surface area (Å²) in [5, 5.41) is 7.55. The number of hydrogen-bond acceptors (Lipinski definition) is 5. The predicted octanol–water partition coefficient (Wildman–Crippen LogP) is 2.72. The van der Waals surface area contributed by atoms with Crippen LogP contribution in [0.2, 0.25) is 0 Å². The van der Waals surface area contributed by atoms with E-state index < -0.39 is 5.97 Å². The molecule has 0 saturated carbocycles. The van der Waals surface area contributed by atoms with Gasteiger partial charge in [0.2, 0.25) is 5.89 Å². The lowest BCUT2D eigenvalue weighted by atomic mass is 9.97. The fraction of sp³-hybridized carbons (Fsp3) is 0.357. The molecule has 2 aromatic rings. The molecule has 0 spiro atoms. The highest BCUT2D eigenvalue weighted by atomic mass is 16.5. The van der Waals surface area contributed by atoms with Crippen LogP contribution in [0.3, 0.4) is 0 Å². The van der Waals surface area contributed by atoms with Crippen LogP contribution in [0.25, 0.3) is 0 Å². The van der Waals surface area contributed by atoms with Gasteiger partial charge < -0.3 is 9.15 Å². The number of benzene rings is 1. The zero-order chi connectivity index (χ0) is 13.9. The van der Waals surface area contributed by atoms with Crippen LogP contribution in [0.5, 0.6) is 0 Å². The van der Waals surface area contributed by atoms with Crippen LogP contribution in [-0.4, -0.2) is 16.2 Å². The number of nitrogens with zero attached hydrogens (tertiary/aromatic N) is 2. The van der Waals surface area contributed by atoms with Gasteiger partial charge in [-0.15, -0.1) is 10.2 Å². The monoisotopic (exact) mass is 260 g/mol. The summed E-state index contributed by atoms with van der Waals surface area (Å²) in [5.74, 6) is -0.299. The van der Waals surface area contributed by atoms with Crippen LogP contribution in [-0.2, 0) is 16.8 Å². The molecule has 100 valence electrons. The third kappa shape index (κ3) is 3.40. The van der Waals surface area contributed by atoms with E-state index in [0.717, 1.165) is 5.56 Å². The Morgan fingerprint density at radius 1 is 1.21 bits per heavy atom. The van der Waals surface area contributed by atoms with Gasteiger partial charge in [-0.2, -0.15) is 0 Å². The minimum atomic E-state index is -0.605. The average molecular weight is 260 g/mol. The largest absolute Gasteiger partial charge is 0.454 e. The fourth-order valence-electron chi connectivity index (χ4n) is 1.39. The van der Waals surface area contributed by atoms with Crippen molar-refractivity contribution in [3.63, 3.8) is 0 Å². The first-order valence-corrected chi connectivity index (χ1v) is 6.02. The molecular weight excluding hydrogens is 244 g/mol. The minimum Gasteiger partial charge on any atom is -0.454 e. The molecule has 0 saturated heterocycles. The van der Waals surface area contributed by atoms with Crippen molar-refractivity contribution in [3.05, 3.63) is 47.7 Å². The minimum absolute atomic E-state index is 0.110. The van der Waals surface area contributed by atoms with Gasteiger partial charge in [-0.25, -0.2) is 4.79 Å². The van der Waals surface area contributed by atoms with Gasteiger partial charge in [-0.05, 0) is 5.56 Å². The number of hydrogen-bond donors (Lipinski definition) is 0. The van der Waals surface area contributed by atoms with E-state index in [1.165, 1.54) is 0 Å². The van der Waals surface area contributed by atoms with E-state index >= 15 is 0 Å². The molecule has 0 unspecified atom stereocenters. The molecule has 19 heavy (non-hydrogen) atoms. The summed E-state index contributed by atoms with van der Waals surface area (Å²) in [6.45, 7) is 5.98. The molecular formula is C14H16N2O3. The first-order valence-electron chi connectivity index (χ1n) is 6.02. The van der Waals surface area contributed by atoms with E-state index in [9.17, 15) is 4.79 Å². The number of carbonyl (C=O) groups is 1. The maximum Gasteiger partial charge on any atom is 0.396 e. The Hall–Kier alpha value is -2.17. The van der Waals surface area contributed by atoms with Crippen LogP contribution in [0, 0.1) is 0 Å². The van der Waals surface area contributed by atoms with Gasteiger partial charge in [0.05, 0.1) is 0 Å². The number of esters is 1. The highest BCUT2D eigenvalue weighted by Gasteiger charge is 2.24. The van der Waals surface area contributed by atoms with Gasteiger partial charge in [0, 0.05) is 5.41 Å². The fourth-order valence-corrected chi connectivity index (χ4v) is 1.39. The summed E-state index contributed by atoms with van der Waals surface area (Å²) in [6, 6.07) is 9.42. The molecule has 0 aliphatic rings. The lowest BCUT2D eigenvalue weighted by molar-refractivity contribution is 0.0423. The second kappa shape index (κ2) is 5.22. The summed E-state index contributed by atoms with van der Waals surface area (Å²) >= 11 is 0. The van der Waals surface area contributed by atoms with E-state index in [2.05, 4.69) is 10.2 Å². The third-order valence-corrected chi connectivity index (χ3v) is 2.45. The molecule has 0 atom stereocenters. The normalized spacial score (nSPS) is 11.3. The molecule has 1 aromatic heterocycles. The van der Waals surface area contributed by atoms with Crippen LogP contribution in [0.1, 0.15) is 42.9 Å². The van der Waals surface area contributed by atoms with Crippen molar-refractivity contribution in [3.8, 4) is 0 Å². The van der Waals surface area contributed by atoms with Crippen LogP contribution in [0.4, 0.5) is 0 Å². The molecule has 0 N–H and O–H groups in total. The highest BCUT2D eigenvalue weighted by Crippen LogP contribution is 2.20. The molecule has 0 aliphatic carbocycles. The first-order chi connectivity index (χ1) is 8.97. The summed E-state index contributed by atoms with van der Waals surface area (Å²) < 4.78 is 10.4. The van der Waals surface area contributed by atoms with Crippen molar-refractivity contribution in [1.82, 2.24) is 10.2 Å². The van der Waals surface area contributed by atoms with E-state index in [1.807, 2.05) is 51.1 Å². The Kier molecular flexibility index (Phi) is 3.64. The molecule has 0 bridgehead atoms. The summed E-state index contributed by atoms with van der Waals surface area (Å²) in [7, 11) is 0. The SMILES string of the molecule is CC(C)(C)c1nnc(C(=O)OCc2ccccc2)o1. The van der Waals surface area contributed by atoms with Crippen molar-refractivity contribution >= 4 is 5.97 Å². The molecule has 5 nitrogen and oxygen atoms in total. The zero-order valence-electron chi connectivity index (χ0n) is 11.2. The topological polar surface area (TPSA) is 65.2 Å². The second-order valence-corrected chi connectivity index (χ2v) is 5.22. The van der Waals surface area contributed by atoms with Crippen LogP contribution in [0.15, 0.2) is 34.7 Å². The van der Waals surface area contributed by atoms with Crippen LogP contribution < -0.4 is 0 Å². The maximum atomic E-state index is 11.7. The molecule has 1 heterocycles. The third-order valence-electron chi connectivity index (χ3n) is 2.45. The van der Waals surface area contributed by atoms with Gasteiger partial charge in [0.25, 0.3) is 0 Å². The zero-order valence-corrected chi connectivity index (χ0v) is 11.2. The molecule has 1 aromatic carbocycles. The quantitative estimate of drug-likeness (QED) is 0.794. The Labute approximate surface area is 111 Å². The Balaban J connectivity index is 1.99. The van der Waals surface area contributed by atoms with Crippen molar-refractivity contribution in [2.24, 2.45) is 0 Å². The smallest absolute Gasteiger partial charge is 0.396 e. The standard InChI is InChI=1S/C14H16N2O3/c1-14(2,3)13-16-15-11(19-13)12(17)18-9-10-7-5-4-6-8-10/h4-8H,9H2,1-3H3.